The second kappa shape index (κ2) is 7.37. The Balaban J connectivity index is 1.93. The van der Waals surface area contributed by atoms with Gasteiger partial charge in [-0.05, 0) is 55.0 Å². The molecule has 0 fully saturated rings. The molecule has 0 radical (unpaired) electrons. The molecule has 0 aliphatic rings. The minimum Gasteiger partial charge on any atom is -0.507 e. The van der Waals surface area contributed by atoms with Crippen molar-refractivity contribution in [1.82, 2.24) is 5.43 Å². The van der Waals surface area contributed by atoms with Crippen LogP contribution in [0.2, 0.25) is 0 Å². The van der Waals surface area contributed by atoms with Gasteiger partial charge >= 0.3 is 5.97 Å². The number of carboxylic acid groups (broad SMARTS) is 1. The van der Waals surface area contributed by atoms with Gasteiger partial charge in [0.05, 0.1) is 11.8 Å². The van der Waals surface area contributed by atoms with Crippen LogP contribution in [0.1, 0.15) is 21.5 Å². The number of aryl methyl sites for hydroxylation is 1. The number of nitrogens with zero attached hydrogens (tertiary/aromatic N) is 1. The highest BCUT2D eigenvalue weighted by atomic mass is 32.1. The van der Waals surface area contributed by atoms with Crippen molar-refractivity contribution < 1.29 is 15.0 Å². The average molecular weight is 329 g/mol. The van der Waals surface area contributed by atoms with Gasteiger partial charge < -0.3 is 15.5 Å². The van der Waals surface area contributed by atoms with E-state index in [0.29, 0.717) is 11.3 Å². The molecule has 23 heavy (non-hydrogen) atoms. The minimum absolute atomic E-state index is 0.168. The molecule has 6 nitrogen and oxygen atoms in total. The number of para-hydroxylation sites is 1. The Morgan fingerprint density at radius 1 is 1.22 bits per heavy atom. The lowest BCUT2D eigenvalue weighted by atomic mass is 10.1. The third kappa shape index (κ3) is 4.52. The number of benzene rings is 2. The van der Waals surface area contributed by atoms with E-state index in [-0.39, 0.29) is 16.4 Å². The van der Waals surface area contributed by atoms with Gasteiger partial charge in [0, 0.05) is 11.3 Å². The number of hydrogen-bond acceptors (Lipinski definition) is 4. The van der Waals surface area contributed by atoms with E-state index in [2.05, 4.69) is 15.8 Å². The lowest BCUT2D eigenvalue weighted by Gasteiger charge is -2.07. The third-order valence-corrected chi connectivity index (χ3v) is 3.22. The second-order valence-corrected chi connectivity index (χ2v) is 5.13. The third-order valence-electron chi connectivity index (χ3n) is 3.03. The molecule has 0 spiro atoms. The van der Waals surface area contributed by atoms with Crippen molar-refractivity contribution in [3.8, 4) is 5.75 Å². The van der Waals surface area contributed by atoms with Crippen LogP contribution >= 0.6 is 12.2 Å². The van der Waals surface area contributed by atoms with E-state index in [1.54, 1.807) is 31.2 Å². The summed E-state index contributed by atoms with van der Waals surface area (Å²) in [5, 5.41) is 25.7. The van der Waals surface area contributed by atoms with Crippen LogP contribution in [0.3, 0.4) is 0 Å². The lowest BCUT2D eigenvalue weighted by molar-refractivity contribution is 0.0697. The monoisotopic (exact) mass is 329 g/mol. The summed E-state index contributed by atoms with van der Waals surface area (Å²) in [6.07, 6.45) is 1.46. The zero-order valence-corrected chi connectivity index (χ0v) is 13.1. The first-order valence-corrected chi connectivity index (χ1v) is 7.10. The summed E-state index contributed by atoms with van der Waals surface area (Å²) < 4.78 is 0. The Morgan fingerprint density at radius 3 is 2.57 bits per heavy atom. The van der Waals surface area contributed by atoms with Gasteiger partial charge in [-0.25, -0.2) is 4.79 Å². The molecule has 0 bridgehead atoms. The van der Waals surface area contributed by atoms with E-state index in [1.165, 1.54) is 18.3 Å². The molecular weight excluding hydrogens is 314 g/mol. The first-order valence-electron chi connectivity index (χ1n) is 6.69. The van der Waals surface area contributed by atoms with Gasteiger partial charge in [-0.3, -0.25) is 5.43 Å². The number of rotatable bonds is 4. The van der Waals surface area contributed by atoms with Gasteiger partial charge in [-0.2, -0.15) is 5.10 Å². The van der Waals surface area contributed by atoms with Gasteiger partial charge in [0.1, 0.15) is 5.75 Å². The first kappa shape index (κ1) is 16.4. The number of aromatic hydroxyl groups is 1. The van der Waals surface area contributed by atoms with Crippen LogP contribution in [0.4, 0.5) is 5.69 Å². The Hall–Kier alpha value is -2.93. The van der Waals surface area contributed by atoms with E-state index < -0.39 is 5.97 Å². The topological polar surface area (TPSA) is 94.0 Å². The Kier molecular flexibility index (Phi) is 5.27. The SMILES string of the molecule is Cc1cccc(/C=N/NC(=S)Nc2ccc(C(=O)O)cc2)c1O. The molecule has 118 valence electrons. The van der Waals surface area contributed by atoms with Crippen LogP contribution < -0.4 is 10.7 Å². The molecule has 0 aliphatic heterocycles. The fourth-order valence-corrected chi connectivity index (χ4v) is 1.97. The van der Waals surface area contributed by atoms with Gasteiger partial charge in [0.15, 0.2) is 5.11 Å². The van der Waals surface area contributed by atoms with Crippen LogP contribution in [0, 0.1) is 6.92 Å². The summed E-state index contributed by atoms with van der Waals surface area (Å²) in [4.78, 5) is 10.8. The number of aromatic carboxylic acids is 1. The number of nitrogens with one attached hydrogen (secondary N) is 2. The molecule has 0 aliphatic carbocycles. The molecule has 7 heteroatoms. The Morgan fingerprint density at radius 2 is 1.91 bits per heavy atom. The van der Waals surface area contributed by atoms with E-state index in [9.17, 15) is 9.90 Å². The number of anilines is 1. The molecule has 0 amide bonds. The molecule has 2 rings (SSSR count). The molecular formula is C16H15N3O3S. The minimum atomic E-state index is -0.986. The van der Waals surface area contributed by atoms with Crippen LogP contribution in [0.15, 0.2) is 47.6 Å². The quantitative estimate of drug-likeness (QED) is 0.391. The lowest BCUT2D eigenvalue weighted by Crippen LogP contribution is -2.23. The van der Waals surface area contributed by atoms with E-state index in [1.807, 2.05) is 6.07 Å². The van der Waals surface area contributed by atoms with E-state index in [4.69, 9.17) is 17.3 Å². The van der Waals surface area contributed by atoms with Crippen LogP contribution in [0.5, 0.6) is 5.75 Å². The maximum absolute atomic E-state index is 10.8. The summed E-state index contributed by atoms with van der Waals surface area (Å²) >= 11 is 5.08. The molecule has 2 aromatic rings. The Labute approximate surface area is 138 Å². The van der Waals surface area contributed by atoms with Crippen molar-refractivity contribution in [1.29, 1.82) is 0 Å². The molecule has 0 aromatic heterocycles. The van der Waals surface area contributed by atoms with Crippen molar-refractivity contribution in [3.63, 3.8) is 0 Å². The van der Waals surface area contributed by atoms with Crippen LogP contribution in [0.25, 0.3) is 0 Å². The van der Waals surface area contributed by atoms with Crippen molar-refractivity contribution >= 4 is 35.2 Å². The predicted molar refractivity (Wildman–Crippen MR) is 93.2 cm³/mol. The highest BCUT2D eigenvalue weighted by Gasteiger charge is 2.03. The van der Waals surface area contributed by atoms with Gasteiger partial charge in [0.2, 0.25) is 0 Å². The van der Waals surface area contributed by atoms with Crippen molar-refractivity contribution in [2.24, 2.45) is 5.10 Å². The normalized spacial score (nSPS) is 10.5. The number of phenolic OH excluding ortho intramolecular Hbond substituents is 1. The molecule has 0 unspecified atom stereocenters. The maximum Gasteiger partial charge on any atom is 0.335 e. The van der Waals surface area contributed by atoms with Crippen molar-refractivity contribution in [2.75, 3.05) is 5.32 Å². The fourth-order valence-electron chi connectivity index (χ4n) is 1.80. The summed E-state index contributed by atoms with van der Waals surface area (Å²) in [7, 11) is 0. The number of hydrogen-bond donors (Lipinski definition) is 4. The molecule has 0 saturated carbocycles. The highest BCUT2D eigenvalue weighted by molar-refractivity contribution is 7.80. The Bertz CT molecular complexity index is 758. The summed E-state index contributed by atoms with van der Waals surface area (Å²) in [6.45, 7) is 1.80. The maximum atomic E-state index is 10.8. The smallest absolute Gasteiger partial charge is 0.335 e. The zero-order valence-electron chi connectivity index (χ0n) is 12.3. The second-order valence-electron chi connectivity index (χ2n) is 4.72. The van der Waals surface area contributed by atoms with Gasteiger partial charge in [-0.15, -0.1) is 0 Å². The predicted octanol–water partition coefficient (Wildman–Crippen LogP) is 2.72. The van der Waals surface area contributed by atoms with E-state index in [0.717, 1.165) is 5.56 Å². The first-order chi connectivity index (χ1) is 11.0. The average Bonchev–Trinajstić information content (AvgIpc) is 2.52. The number of carbonyl (C=O) groups is 1. The van der Waals surface area contributed by atoms with Gasteiger partial charge in [-0.1, -0.05) is 12.1 Å². The molecule has 0 atom stereocenters. The molecule has 0 heterocycles. The number of thiocarbonyl (C=S) groups is 1. The largest absolute Gasteiger partial charge is 0.507 e. The molecule has 0 saturated heterocycles. The van der Waals surface area contributed by atoms with Crippen LogP contribution in [-0.2, 0) is 0 Å². The van der Waals surface area contributed by atoms with Gasteiger partial charge in [0.25, 0.3) is 0 Å². The van der Waals surface area contributed by atoms with Crippen molar-refractivity contribution in [2.45, 2.75) is 6.92 Å². The summed E-state index contributed by atoms with van der Waals surface area (Å²) in [5.41, 5.74) is 4.80. The van der Waals surface area contributed by atoms with Crippen molar-refractivity contribution in [3.05, 3.63) is 59.2 Å². The standard InChI is InChI=1S/C16H15N3O3S/c1-10-3-2-4-12(14(10)20)9-17-19-16(23)18-13-7-5-11(6-8-13)15(21)22/h2-9,20H,1H3,(H,21,22)(H2,18,19,23)/b17-9+. The number of carboxylic acids is 1. The fraction of sp³-hybridized carbons (Fsp3) is 0.0625. The van der Waals surface area contributed by atoms with Crippen LogP contribution in [-0.4, -0.2) is 27.5 Å². The number of hydrazone groups is 1. The summed E-state index contributed by atoms with van der Waals surface area (Å²) in [5.74, 6) is -0.819. The molecule has 2 aromatic carbocycles. The summed E-state index contributed by atoms with van der Waals surface area (Å²) in [6, 6.07) is 11.5. The zero-order chi connectivity index (χ0) is 16.8. The van der Waals surface area contributed by atoms with E-state index >= 15 is 0 Å². The molecule has 4 N–H and O–H groups in total. The highest BCUT2D eigenvalue weighted by Crippen LogP contribution is 2.19. The number of phenols is 1.